The highest BCUT2D eigenvalue weighted by Crippen LogP contribution is 2.30. The number of hydrogen-bond donors (Lipinski definition) is 0. The third-order valence-electron chi connectivity index (χ3n) is 2.56. The molecule has 1 aliphatic rings. The van der Waals surface area contributed by atoms with E-state index in [4.69, 9.17) is 4.74 Å². The van der Waals surface area contributed by atoms with Gasteiger partial charge in [0.15, 0.2) is 0 Å². The van der Waals surface area contributed by atoms with Gasteiger partial charge in [0.25, 0.3) is 0 Å². The van der Waals surface area contributed by atoms with Gasteiger partial charge in [0.05, 0.1) is 0 Å². The van der Waals surface area contributed by atoms with E-state index in [0.29, 0.717) is 18.9 Å². The Kier molecular flexibility index (Phi) is 4.54. The number of carbonyl (C=O) groups is 2. The Hall–Kier alpha value is -1.06. The number of nitrogens with zero attached hydrogens (tertiary/aromatic N) is 1. The molecule has 0 atom stereocenters. The molecule has 0 aromatic carbocycles. The van der Waals surface area contributed by atoms with Crippen LogP contribution in [0.4, 0.5) is 4.79 Å². The SMILES string of the molecule is CC(=O)CCN(CC1CC1)C(=O)OC(C)(C)C. The summed E-state index contributed by atoms with van der Waals surface area (Å²) in [5, 5.41) is 0. The third-order valence-corrected chi connectivity index (χ3v) is 2.56. The highest BCUT2D eigenvalue weighted by atomic mass is 16.6. The first-order chi connectivity index (χ1) is 7.78. The van der Waals surface area contributed by atoms with Crippen LogP contribution in [0.5, 0.6) is 0 Å². The van der Waals surface area contributed by atoms with Crippen molar-refractivity contribution in [2.24, 2.45) is 5.92 Å². The van der Waals surface area contributed by atoms with Crippen LogP contribution in [0.2, 0.25) is 0 Å². The molecule has 4 heteroatoms. The lowest BCUT2D eigenvalue weighted by Crippen LogP contribution is -2.39. The smallest absolute Gasteiger partial charge is 0.410 e. The van der Waals surface area contributed by atoms with Gasteiger partial charge in [-0.2, -0.15) is 0 Å². The fraction of sp³-hybridized carbons (Fsp3) is 0.846. The number of ketones is 1. The molecular weight excluding hydrogens is 218 g/mol. The second-order valence-corrected chi connectivity index (χ2v) is 5.82. The van der Waals surface area contributed by atoms with E-state index in [0.717, 1.165) is 6.54 Å². The van der Waals surface area contributed by atoms with Gasteiger partial charge in [-0.25, -0.2) is 4.79 Å². The summed E-state index contributed by atoms with van der Waals surface area (Å²) in [5.41, 5.74) is -0.477. The van der Waals surface area contributed by atoms with Gasteiger partial charge in [0, 0.05) is 19.5 Å². The van der Waals surface area contributed by atoms with Crippen LogP contribution in [0.15, 0.2) is 0 Å². The molecule has 0 heterocycles. The van der Waals surface area contributed by atoms with Crippen molar-refractivity contribution in [3.8, 4) is 0 Å². The molecule has 1 aliphatic carbocycles. The zero-order valence-electron chi connectivity index (χ0n) is 11.3. The molecule has 0 spiro atoms. The molecule has 1 fully saturated rings. The lowest BCUT2D eigenvalue weighted by atomic mass is 10.2. The van der Waals surface area contributed by atoms with Crippen molar-refractivity contribution in [3.05, 3.63) is 0 Å². The van der Waals surface area contributed by atoms with Gasteiger partial charge < -0.3 is 9.64 Å². The van der Waals surface area contributed by atoms with Crippen molar-refractivity contribution >= 4 is 11.9 Å². The molecule has 4 nitrogen and oxygen atoms in total. The van der Waals surface area contributed by atoms with Gasteiger partial charge in [0.1, 0.15) is 11.4 Å². The predicted octanol–water partition coefficient (Wildman–Crippen LogP) is 2.61. The summed E-state index contributed by atoms with van der Waals surface area (Å²) < 4.78 is 5.34. The number of ether oxygens (including phenoxy) is 1. The van der Waals surface area contributed by atoms with Crippen molar-refractivity contribution in [1.82, 2.24) is 4.90 Å². The largest absolute Gasteiger partial charge is 0.444 e. The fourth-order valence-electron chi connectivity index (χ4n) is 1.49. The third kappa shape index (κ3) is 6.29. The maximum Gasteiger partial charge on any atom is 0.410 e. The van der Waals surface area contributed by atoms with E-state index in [1.54, 1.807) is 11.8 Å². The molecule has 0 radical (unpaired) electrons. The second kappa shape index (κ2) is 5.52. The molecule has 17 heavy (non-hydrogen) atoms. The molecular formula is C13H23NO3. The lowest BCUT2D eigenvalue weighted by Gasteiger charge is -2.27. The van der Waals surface area contributed by atoms with Crippen LogP contribution in [-0.4, -0.2) is 35.5 Å². The van der Waals surface area contributed by atoms with Crippen molar-refractivity contribution in [1.29, 1.82) is 0 Å². The summed E-state index contributed by atoms with van der Waals surface area (Å²) in [6.07, 6.45) is 2.47. The molecule has 0 aromatic rings. The fourth-order valence-corrected chi connectivity index (χ4v) is 1.49. The first-order valence-electron chi connectivity index (χ1n) is 6.25. The van der Waals surface area contributed by atoms with Crippen molar-refractivity contribution in [2.45, 2.75) is 52.6 Å². The van der Waals surface area contributed by atoms with Gasteiger partial charge >= 0.3 is 6.09 Å². The molecule has 0 unspecified atom stereocenters. The minimum absolute atomic E-state index is 0.106. The zero-order chi connectivity index (χ0) is 13.1. The Balaban J connectivity index is 2.48. The quantitative estimate of drug-likeness (QED) is 0.743. The Labute approximate surface area is 103 Å². The maximum atomic E-state index is 11.9. The number of carbonyl (C=O) groups excluding carboxylic acids is 2. The van der Waals surface area contributed by atoms with E-state index >= 15 is 0 Å². The Morgan fingerprint density at radius 1 is 1.29 bits per heavy atom. The summed E-state index contributed by atoms with van der Waals surface area (Å²) in [6.45, 7) is 8.30. The van der Waals surface area contributed by atoms with Crippen LogP contribution >= 0.6 is 0 Å². The number of hydrogen-bond acceptors (Lipinski definition) is 3. The molecule has 98 valence electrons. The topological polar surface area (TPSA) is 46.6 Å². The summed E-state index contributed by atoms with van der Waals surface area (Å²) in [6, 6.07) is 0. The minimum atomic E-state index is -0.477. The molecule has 0 saturated heterocycles. The lowest BCUT2D eigenvalue weighted by molar-refractivity contribution is -0.117. The number of rotatable bonds is 5. The van der Waals surface area contributed by atoms with Gasteiger partial charge in [0.2, 0.25) is 0 Å². The monoisotopic (exact) mass is 241 g/mol. The van der Waals surface area contributed by atoms with Crippen LogP contribution in [0.3, 0.4) is 0 Å². The van der Waals surface area contributed by atoms with Gasteiger partial charge in [-0.05, 0) is 46.5 Å². The van der Waals surface area contributed by atoms with E-state index in [1.165, 1.54) is 12.8 Å². The Morgan fingerprint density at radius 3 is 2.29 bits per heavy atom. The van der Waals surface area contributed by atoms with E-state index in [1.807, 2.05) is 20.8 Å². The van der Waals surface area contributed by atoms with E-state index in [-0.39, 0.29) is 11.9 Å². The van der Waals surface area contributed by atoms with Crippen LogP contribution in [-0.2, 0) is 9.53 Å². The zero-order valence-corrected chi connectivity index (χ0v) is 11.3. The van der Waals surface area contributed by atoms with Gasteiger partial charge in [-0.15, -0.1) is 0 Å². The normalized spacial score (nSPS) is 15.5. The summed E-state index contributed by atoms with van der Waals surface area (Å²) >= 11 is 0. The number of amides is 1. The molecule has 0 aromatic heterocycles. The Morgan fingerprint density at radius 2 is 1.88 bits per heavy atom. The molecule has 1 amide bonds. The number of Topliss-reactive ketones (excluding diaryl/α,β-unsaturated/α-hetero) is 1. The first kappa shape index (κ1) is 14.0. The predicted molar refractivity (Wildman–Crippen MR) is 65.8 cm³/mol. The average Bonchev–Trinajstić information content (AvgIpc) is 2.92. The molecule has 0 N–H and O–H groups in total. The van der Waals surface area contributed by atoms with Crippen molar-refractivity contribution < 1.29 is 14.3 Å². The highest BCUT2D eigenvalue weighted by Gasteiger charge is 2.29. The highest BCUT2D eigenvalue weighted by molar-refractivity contribution is 5.76. The van der Waals surface area contributed by atoms with Gasteiger partial charge in [-0.3, -0.25) is 4.79 Å². The summed E-state index contributed by atoms with van der Waals surface area (Å²) in [4.78, 5) is 24.6. The molecule has 0 bridgehead atoms. The standard InChI is InChI=1S/C13H23NO3/c1-10(15)7-8-14(9-11-5-6-11)12(16)17-13(2,3)4/h11H,5-9H2,1-4H3. The Bertz CT molecular complexity index is 290. The minimum Gasteiger partial charge on any atom is -0.444 e. The van der Waals surface area contributed by atoms with Crippen LogP contribution in [0, 0.1) is 5.92 Å². The van der Waals surface area contributed by atoms with Crippen LogP contribution in [0.25, 0.3) is 0 Å². The van der Waals surface area contributed by atoms with Crippen molar-refractivity contribution in [3.63, 3.8) is 0 Å². The molecule has 0 aliphatic heterocycles. The summed E-state index contributed by atoms with van der Waals surface area (Å²) in [7, 11) is 0. The molecule has 1 rings (SSSR count). The van der Waals surface area contributed by atoms with E-state index in [2.05, 4.69) is 0 Å². The average molecular weight is 241 g/mol. The van der Waals surface area contributed by atoms with Gasteiger partial charge in [-0.1, -0.05) is 0 Å². The van der Waals surface area contributed by atoms with Crippen LogP contribution in [0.1, 0.15) is 47.0 Å². The van der Waals surface area contributed by atoms with Crippen molar-refractivity contribution in [2.75, 3.05) is 13.1 Å². The summed E-state index contributed by atoms with van der Waals surface area (Å²) in [5.74, 6) is 0.712. The van der Waals surface area contributed by atoms with Crippen LogP contribution < -0.4 is 0 Å². The van der Waals surface area contributed by atoms with E-state index in [9.17, 15) is 9.59 Å². The molecule has 1 saturated carbocycles. The van der Waals surface area contributed by atoms with E-state index < -0.39 is 5.60 Å². The first-order valence-corrected chi connectivity index (χ1v) is 6.25. The maximum absolute atomic E-state index is 11.9. The second-order valence-electron chi connectivity index (χ2n) is 5.82.